The summed E-state index contributed by atoms with van der Waals surface area (Å²) in [5.41, 5.74) is 0.559. The molecule has 0 fully saturated rings. The van der Waals surface area contributed by atoms with Crippen LogP contribution in [0.1, 0.15) is 96.0 Å². The summed E-state index contributed by atoms with van der Waals surface area (Å²) >= 11 is 0. The average Bonchev–Trinajstić information content (AvgIpc) is 2.73. The van der Waals surface area contributed by atoms with Crippen LogP contribution in [-0.4, -0.2) is 24.8 Å². The van der Waals surface area contributed by atoms with Crippen molar-refractivity contribution < 1.29 is 19.4 Å². The highest BCUT2D eigenvalue weighted by molar-refractivity contribution is 5.87. The van der Waals surface area contributed by atoms with Gasteiger partial charge in [-0.3, -0.25) is 0 Å². The van der Waals surface area contributed by atoms with Crippen molar-refractivity contribution in [1.29, 1.82) is 0 Å². The number of phenolic OH excluding ortho intramolecular Hbond substituents is 1. The molecule has 0 aromatic heterocycles. The molecule has 164 valence electrons. The predicted octanol–water partition coefficient (Wildman–Crippen LogP) is 7.05. The number of ether oxygens (including phenoxy) is 2. The summed E-state index contributed by atoms with van der Waals surface area (Å²) in [4.78, 5) is 11.8. The molecule has 0 amide bonds. The number of esters is 1. The van der Waals surface area contributed by atoms with Crippen LogP contribution in [-0.2, 0) is 9.53 Å². The number of aromatic hydroxyl groups is 1. The molecule has 1 aromatic rings. The van der Waals surface area contributed by atoms with Gasteiger partial charge in [0.25, 0.3) is 0 Å². The van der Waals surface area contributed by atoms with E-state index in [-0.39, 0.29) is 11.7 Å². The molecule has 4 nitrogen and oxygen atoms in total. The Bertz CT molecular complexity index is 580. The van der Waals surface area contributed by atoms with Crippen molar-refractivity contribution in [2.24, 2.45) is 0 Å². The normalized spacial score (nSPS) is 11.1. The zero-order valence-electron chi connectivity index (χ0n) is 18.5. The Balaban J connectivity index is 1.96. The largest absolute Gasteiger partial charge is 0.507 e. The van der Waals surface area contributed by atoms with Crippen LogP contribution in [0.25, 0.3) is 6.08 Å². The summed E-state index contributed by atoms with van der Waals surface area (Å²) in [5, 5.41) is 9.86. The van der Waals surface area contributed by atoms with Gasteiger partial charge in [-0.2, -0.15) is 0 Å². The van der Waals surface area contributed by atoms with E-state index in [1.165, 1.54) is 89.9 Å². The van der Waals surface area contributed by atoms with Gasteiger partial charge >= 0.3 is 5.97 Å². The fourth-order valence-electron chi connectivity index (χ4n) is 3.29. The first-order valence-corrected chi connectivity index (χ1v) is 11.4. The number of unbranched alkanes of at least 4 members (excludes halogenated alkanes) is 12. The highest BCUT2D eigenvalue weighted by atomic mass is 16.5. The van der Waals surface area contributed by atoms with E-state index in [9.17, 15) is 9.90 Å². The minimum atomic E-state index is -0.376. The quantitative estimate of drug-likeness (QED) is 0.172. The van der Waals surface area contributed by atoms with Gasteiger partial charge in [-0.1, -0.05) is 84.0 Å². The Kier molecular flexibility index (Phi) is 14.6. The molecule has 0 unspecified atom stereocenters. The van der Waals surface area contributed by atoms with E-state index < -0.39 is 0 Å². The molecule has 0 radical (unpaired) electrons. The summed E-state index contributed by atoms with van der Waals surface area (Å²) in [6.45, 7) is 2.72. The number of phenols is 1. The molecule has 0 bridgehead atoms. The van der Waals surface area contributed by atoms with E-state index in [0.29, 0.717) is 17.9 Å². The van der Waals surface area contributed by atoms with Crippen molar-refractivity contribution in [3.8, 4) is 11.5 Å². The summed E-state index contributed by atoms with van der Waals surface area (Å²) in [6.07, 6.45) is 19.8. The van der Waals surface area contributed by atoms with Crippen molar-refractivity contribution in [2.75, 3.05) is 13.7 Å². The van der Waals surface area contributed by atoms with E-state index >= 15 is 0 Å². The first kappa shape index (κ1) is 25.1. The topological polar surface area (TPSA) is 55.8 Å². The highest BCUT2D eigenvalue weighted by Crippen LogP contribution is 2.24. The lowest BCUT2D eigenvalue weighted by Gasteiger charge is -2.04. The molecule has 0 heterocycles. The van der Waals surface area contributed by atoms with Crippen LogP contribution in [0.3, 0.4) is 0 Å². The van der Waals surface area contributed by atoms with Crippen molar-refractivity contribution in [3.05, 3.63) is 29.8 Å². The Morgan fingerprint density at radius 2 is 1.45 bits per heavy atom. The third-order valence-electron chi connectivity index (χ3n) is 5.13. The second-order valence-corrected chi connectivity index (χ2v) is 7.67. The number of carbonyl (C=O) groups excluding carboxylic acids is 1. The van der Waals surface area contributed by atoms with Gasteiger partial charge in [0.1, 0.15) is 11.5 Å². The van der Waals surface area contributed by atoms with Crippen LogP contribution >= 0.6 is 0 Å². The molecule has 0 atom stereocenters. The minimum Gasteiger partial charge on any atom is -0.507 e. The van der Waals surface area contributed by atoms with E-state index in [0.717, 1.165) is 12.8 Å². The van der Waals surface area contributed by atoms with Crippen molar-refractivity contribution >= 4 is 12.0 Å². The smallest absolute Gasteiger partial charge is 0.330 e. The third kappa shape index (κ3) is 13.0. The molecular weight excluding hydrogens is 364 g/mol. The molecule has 1 aromatic carbocycles. The van der Waals surface area contributed by atoms with Crippen LogP contribution in [0.4, 0.5) is 0 Å². The Hall–Kier alpha value is -1.97. The summed E-state index contributed by atoms with van der Waals surface area (Å²) in [6, 6.07) is 4.95. The van der Waals surface area contributed by atoms with Crippen LogP contribution in [0.2, 0.25) is 0 Å². The van der Waals surface area contributed by atoms with E-state index in [4.69, 9.17) is 9.47 Å². The fraction of sp³-hybridized carbons (Fsp3) is 0.640. The van der Waals surface area contributed by atoms with Gasteiger partial charge in [-0.05, 0) is 24.6 Å². The van der Waals surface area contributed by atoms with Crippen LogP contribution in [0.5, 0.6) is 11.5 Å². The number of methoxy groups -OCH3 is 1. The molecule has 0 aliphatic rings. The standard InChI is InChI=1S/C25H40O4/c1-3-4-5-6-7-8-9-10-11-12-13-14-15-20-29-25(27)19-17-22-16-18-23(28-2)21-24(22)26/h16-19,21,26H,3-15,20H2,1-2H3. The number of benzene rings is 1. The van der Waals surface area contributed by atoms with E-state index in [1.54, 1.807) is 18.2 Å². The van der Waals surface area contributed by atoms with Gasteiger partial charge in [-0.25, -0.2) is 4.79 Å². The second-order valence-electron chi connectivity index (χ2n) is 7.67. The van der Waals surface area contributed by atoms with Gasteiger partial charge in [0.05, 0.1) is 13.7 Å². The van der Waals surface area contributed by atoms with E-state index in [1.807, 2.05) is 0 Å². The molecule has 0 aliphatic carbocycles. The van der Waals surface area contributed by atoms with Crippen molar-refractivity contribution in [3.63, 3.8) is 0 Å². The molecule has 1 rings (SSSR count). The number of rotatable bonds is 17. The van der Waals surface area contributed by atoms with Gasteiger partial charge < -0.3 is 14.6 Å². The lowest BCUT2D eigenvalue weighted by Crippen LogP contribution is -2.02. The SMILES string of the molecule is CCCCCCCCCCCCCCCOC(=O)C=Cc1ccc(OC)cc1O. The molecule has 0 saturated heterocycles. The molecule has 29 heavy (non-hydrogen) atoms. The van der Waals surface area contributed by atoms with Gasteiger partial charge in [0.2, 0.25) is 0 Å². The Morgan fingerprint density at radius 3 is 1.97 bits per heavy atom. The van der Waals surface area contributed by atoms with E-state index in [2.05, 4.69) is 6.92 Å². The van der Waals surface area contributed by atoms with Crippen molar-refractivity contribution in [2.45, 2.75) is 90.4 Å². The maximum Gasteiger partial charge on any atom is 0.330 e. The van der Waals surface area contributed by atoms with Gasteiger partial charge in [0, 0.05) is 17.7 Å². The minimum absolute atomic E-state index is 0.0740. The lowest BCUT2D eigenvalue weighted by molar-refractivity contribution is -0.137. The van der Waals surface area contributed by atoms with Crippen LogP contribution < -0.4 is 4.74 Å². The monoisotopic (exact) mass is 404 g/mol. The van der Waals surface area contributed by atoms with Gasteiger partial charge in [-0.15, -0.1) is 0 Å². The first-order chi connectivity index (χ1) is 14.2. The fourth-order valence-corrected chi connectivity index (χ4v) is 3.29. The maximum atomic E-state index is 11.8. The molecule has 0 aliphatic heterocycles. The summed E-state index contributed by atoms with van der Waals surface area (Å²) < 4.78 is 10.3. The summed E-state index contributed by atoms with van der Waals surface area (Å²) in [7, 11) is 1.54. The molecular formula is C25H40O4. The Labute approximate surface area is 177 Å². The third-order valence-corrected chi connectivity index (χ3v) is 5.13. The van der Waals surface area contributed by atoms with Gasteiger partial charge in [0.15, 0.2) is 0 Å². The molecule has 4 heteroatoms. The predicted molar refractivity (Wildman–Crippen MR) is 120 cm³/mol. The zero-order valence-corrected chi connectivity index (χ0v) is 18.5. The number of carbonyl (C=O) groups is 1. The first-order valence-electron chi connectivity index (χ1n) is 11.4. The number of hydrogen-bond acceptors (Lipinski definition) is 4. The number of hydrogen-bond donors (Lipinski definition) is 1. The average molecular weight is 405 g/mol. The highest BCUT2D eigenvalue weighted by Gasteiger charge is 2.02. The maximum absolute atomic E-state index is 11.8. The lowest BCUT2D eigenvalue weighted by atomic mass is 10.0. The summed E-state index contributed by atoms with van der Waals surface area (Å²) in [5.74, 6) is 0.272. The van der Waals surface area contributed by atoms with Crippen molar-refractivity contribution in [1.82, 2.24) is 0 Å². The molecule has 0 spiro atoms. The Morgan fingerprint density at radius 1 is 0.897 bits per heavy atom. The zero-order chi connectivity index (χ0) is 21.2. The van der Waals surface area contributed by atoms with Crippen LogP contribution in [0.15, 0.2) is 24.3 Å². The molecule has 1 N–H and O–H groups in total. The van der Waals surface area contributed by atoms with Crippen LogP contribution in [0, 0.1) is 0 Å². The molecule has 0 saturated carbocycles. The second kappa shape index (κ2) is 16.9.